The minimum Gasteiger partial charge on any atom is -0.170 e. The van der Waals surface area contributed by atoms with Gasteiger partial charge < -0.3 is 0 Å². The molecule has 0 aromatic heterocycles. The van der Waals surface area contributed by atoms with Crippen molar-refractivity contribution in [2.75, 3.05) is 0 Å². The Morgan fingerprint density at radius 1 is 1.60 bits per heavy atom. The Kier molecular flexibility index (Phi) is 1.35. The maximum Gasteiger partial charge on any atom is 0.394 e. The van der Waals surface area contributed by atoms with Crippen LogP contribution in [0.15, 0.2) is 12.7 Å². The van der Waals surface area contributed by atoms with Crippen LogP contribution in [0.25, 0.3) is 0 Å². The average molecular weight is 150 g/mol. The first-order valence-electron chi connectivity index (χ1n) is 3.11. The van der Waals surface area contributed by atoms with Crippen LogP contribution in [-0.2, 0) is 0 Å². The highest BCUT2D eigenvalue weighted by Gasteiger charge is 2.65. The van der Waals surface area contributed by atoms with E-state index in [2.05, 4.69) is 6.58 Å². The second-order valence-corrected chi connectivity index (χ2v) is 2.96. The molecule has 0 nitrogen and oxygen atoms in total. The largest absolute Gasteiger partial charge is 0.394 e. The van der Waals surface area contributed by atoms with Crippen LogP contribution < -0.4 is 0 Å². The third-order valence-electron chi connectivity index (χ3n) is 2.23. The fraction of sp³-hybridized carbons (Fsp3) is 0.714. The molecule has 0 aromatic rings. The van der Waals surface area contributed by atoms with Crippen LogP contribution in [0.5, 0.6) is 0 Å². The summed E-state index contributed by atoms with van der Waals surface area (Å²) in [4.78, 5) is 0. The van der Waals surface area contributed by atoms with E-state index in [1.807, 2.05) is 0 Å². The van der Waals surface area contributed by atoms with Gasteiger partial charge in [-0.1, -0.05) is 13.0 Å². The summed E-state index contributed by atoms with van der Waals surface area (Å²) in [5.74, 6) is -0.354. The summed E-state index contributed by atoms with van der Waals surface area (Å²) in [6.45, 7) is 4.57. The number of allylic oxidation sites excluding steroid dienone is 1. The molecular weight excluding hydrogens is 141 g/mol. The molecule has 0 aromatic carbocycles. The van der Waals surface area contributed by atoms with Gasteiger partial charge in [-0.25, -0.2) is 0 Å². The summed E-state index contributed by atoms with van der Waals surface area (Å²) in [7, 11) is 0. The number of halogens is 3. The van der Waals surface area contributed by atoms with Gasteiger partial charge in [-0.2, -0.15) is 13.2 Å². The van der Waals surface area contributed by atoms with Gasteiger partial charge in [0.1, 0.15) is 0 Å². The molecule has 0 saturated heterocycles. The minimum atomic E-state index is -4.05. The smallest absolute Gasteiger partial charge is 0.170 e. The normalized spacial score (nSPS) is 39.4. The maximum atomic E-state index is 12.0. The second kappa shape index (κ2) is 1.77. The van der Waals surface area contributed by atoms with Crippen molar-refractivity contribution in [2.45, 2.75) is 19.5 Å². The van der Waals surface area contributed by atoms with Crippen LogP contribution in [0.2, 0.25) is 0 Å². The van der Waals surface area contributed by atoms with Crippen molar-refractivity contribution in [2.24, 2.45) is 11.3 Å². The minimum absolute atomic E-state index is 0.208. The quantitative estimate of drug-likeness (QED) is 0.504. The lowest BCUT2D eigenvalue weighted by molar-refractivity contribution is -0.184. The third kappa shape index (κ3) is 0.842. The van der Waals surface area contributed by atoms with Crippen LogP contribution in [0, 0.1) is 11.3 Å². The van der Waals surface area contributed by atoms with E-state index in [1.54, 1.807) is 0 Å². The highest BCUT2D eigenvalue weighted by Crippen LogP contribution is 2.62. The summed E-state index contributed by atoms with van der Waals surface area (Å²) in [6, 6.07) is 0. The first kappa shape index (κ1) is 7.63. The monoisotopic (exact) mass is 150 g/mol. The predicted octanol–water partition coefficient (Wildman–Crippen LogP) is 2.76. The molecule has 2 unspecified atom stereocenters. The van der Waals surface area contributed by atoms with Crippen molar-refractivity contribution >= 4 is 0 Å². The third-order valence-corrected chi connectivity index (χ3v) is 2.23. The summed E-state index contributed by atoms with van der Waals surface area (Å²) in [5.41, 5.74) is -1.46. The number of alkyl halides is 3. The standard InChI is InChI=1S/C7H9F3/c1-3-5-4-6(5,2)7(8,9)10/h3,5H,1,4H2,2H3. The van der Waals surface area contributed by atoms with Gasteiger partial charge in [0.15, 0.2) is 0 Å². The summed E-state index contributed by atoms with van der Waals surface area (Å²) < 4.78 is 36.0. The molecule has 0 N–H and O–H groups in total. The van der Waals surface area contributed by atoms with Gasteiger partial charge in [0, 0.05) is 0 Å². The van der Waals surface area contributed by atoms with E-state index in [4.69, 9.17) is 0 Å². The maximum absolute atomic E-state index is 12.0. The molecule has 1 rings (SSSR count). The molecule has 1 saturated carbocycles. The molecule has 2 atom stereocenters. The van der Waals surface area contributed by atoms with E-state index in [-0.39, 0.29) is 12.3 Å². The van der Waals surface area contributed by atoms with Gasteiger partial charge in [0.2, 0.25) is 0 Å². The topological polar surface area (TPSA) is 0 Å². The molecule has 3 heteroatoms. The molecule has 1 aliphatic carbocycles. The Morgan fingerprint density at radius 2 is 2.10 bits per heavy atom. The number of hydrogen-bond donors (Lipinski definition) is 0. The van der Waals surface area contributed by atoms with Crippen molar-refractivity contribution in [3.05, 3.63) is 12.7 Å². The molecule has 0 spiro atoms. The van der Waals surface area contributed by atoms with Crippen molar-refractivity contribution in [3.8, 4) is 0 Å². The molecule has 1 aliphatic rings. The highest BCUT2D eigenvalue weighted by molar-refractivity contribution is 5.10. The van der Waals surface area contributed by atoms with Crippen LogP contribution >= 0.6 is 0 Å². The van der Waals surface area contributed by atoms with E-state index >= 15 is 0 Å². The summed E-state index contributed by atoms with van der Waals surface area (Å²) >= 11 is 0. The molecule has 58 valence electrons. The molecular formula is C7H9F3. The molecule has 0 amide bonds. The van der Waals surface area contributed by atoms with Crippen LogP contribution in [0.4, 0.5) is 13.2 Å². The van der Waals surface area contributed by atoms with Crippen molar-refractivity contribution in [1.29, 1.82) is 0 Å². The number of hydrogen-bond acceptors (Lipinski definition) is 0. The lowest BCUT2D eigenvalue weighted by atomic mass is 10.1. The lowest BCUT2D eigenvalue weighted by Gasteiger charge is -2.13. The summed E-state index contributed by atoms with van der Waals surface area (Å²) in [5, 5.41) is 0. The van der Waals surface area contributed by atoms with Crippen molar-refractivity contribution < 1.29 is 13.2 Å². The number of rotatable bonds is 1. The fourth-order valence-electron chi connectivity index (χ4n) is 1.07. The van der Waals surface area contributed by atoms with Gasteiger partial charge in [0.25, 0.3) is 0 Å². The Morgan fingerprint density at radius 3 is 2.20 bits per heavy atom. The zero-order chi connectivity index (χ0) is 7.99. The van der Waals surface area contributed by atoms with Crippen molar-refractivity contribution in [3.63, 3.8) is 0 Å². The Labute approximate surface area is 57.7 Å². The molecule has 0 bridgehead atoms. The Bertz CT molecular complexity index is 159. The highest BCUT2D eigenvalue weighted by atomic mass is 19.4. The van der Waals surface area contributed by atoms with Gasteiger partial charge in [-0.05, 0) is 12.3 Å². The van der Waals surface area contributed by atoms with E-state index in [0.29, 0.717) is 0 Å². The van der Waals surface area contributed by atoms with E-state index < -0.39 is 11.6 Å². The fourth-order valence-corrected chi connectivity index (χ4v) is 1.07. The van der Waals surface area contributed by atoms with Gasteiger partial charge in [-0.15, -0.1) is 6.58 Å². The first-order valence-corrected chi connectivity index (χ1v) is 3.11. The van der Waals surface area contributed by atoms with E-state index in [9.17, 15) is 13.2 Å². The van der Waals surface area contributed by atoms with Crippen LogP contribution in [0.3, 0.4) is 0 Å². The van der Waals surface area contributed by atoms with Crippen molar-refractivity contribution in [1.82, 2.24) is 0 Å². The molecule has 0 aliphatic heterocycles. The van der Waals surface area contributed by atoms with E-state index in [1.165, 1.54) is 13.0 Å². The van der Waals surface area contributed by atoms with Crippen LogP contribution in [0.1, 0.15) is 13.3 Å². The average Bonchev–Trinajstić information content (AvgIpc) is 2.41. The molecule has 1 fully saturated rings. The molecule has 0 radical (unpaired) electrons. The SMILES string of the molecule is C=CC1CC1(C)C(F)(F)F. The van der Waals surface area contributed by atoms with Gasteiger partial charge >= 0.3 is 6.18 Å². The second-order valence-electron chi connectivity index (χ2n) is 2.96. The summed E-state index contributed by atoms with van der Waals surface area (Å²) in [6.07, 6.45) is -2.46. The Balaban J connectivity index is 2.67. The lowest BCUT2D eigenvalue weighted by Crippen LogP contribution is -2.22. The molecule has 0 heterocycles. The first-order chi connectivity index (χ1) is 4.42. The van der Waals surface area contributed by atoms with E-state index in [0.717, 1.165) is 0 Å². The van der Waals surface area contributed by atoms with Gasteiger partial charge in [-0.3, -0.25) is 0 Å². The molecule has 10 heavy (non-hydrogen) atoms. The predicted molar refractivity (Wildman–Crippen MR) is 32.5 cm³/mol. The Hall–Kier alpha value is -0.470. The van der Waals surface area contributed by atoms with Crippen LogP contribution in [-0.4, -0.2) is 6.18 Å². The zero-order valence-electron chi connectivity index (χ0n) is 5.70. The van der Waals surface area contributed by atoms with Gasteiger partial charge in [0.05, 0.1) is 5.41 Å². The zero-order valence-corrected chi connectivity index (χ0v) is 5.70.